The number of oxime groups is 1. The lowest BCUT2D eigenvalue weighted by Gasteiger charge is -2.55. The van der Waals surface area contributed by atoms with Crippen LogP contribution < -0.4 is 5.56 Å². The van der Waals surface area contributed by atoms with Gasteiger partial charge in [-0.1, -0.05) is 43.0 Å². The molecule has 0 radical (unpaired) electrons. The van der Waals surface area contributed by atoms with E-state index in [-0.39, 0.29) is 23.4 Å². The summed E-state index contributed by atoms with van der Waals surface area (Å²) < 4.78 is 1.84. The molecule has 8 nitrogen and oxygen atoms in total. The number of carboxylic acids is 1. The van der Waals surface area contributed by atoms with Gasteiger partial charge in [0.2, 0.25) is 5.71 Å². The van der Waals surface area contributed by atoms with Gasteiger partial charge in [-0.3, -0.25) is 9.69 Å². The second-order valence-corrected chi connectivity index (χ2v) is 12.4. The maximum atomic E-state index is 14.0. The Bertz CT molecular complexity index is 1260. The smallest absolute Gasteiger partial charge is 0.360 e. The molecular formula is C30H40N4O4. The lowest BCUT2D eigenvalue weighted by Crippen LogP contribution is -2.58. The predicted molar refractivity (Wildman–Crippen MR) is 146 cm³/mol. The highest BCUT2D eigenvalue weighted by molar-refractivity contribution is 6.41. The first-order valence-electron chi connectivity index (χ1n) is 14.6. The molecule has 4 atom stereocenters. The predicted octanol–water partition coefficient (Wildman–Crippen LogP) is 5.14. The van der Waals surface area contributed by atoms with Gasteiger partial charge in [-0.25, -0.2) is 9.78 Å². The SMILES string of the molecule is CC(C)ON=C(C(=O)O)c1nc2ccccc2n(C2CC3CCCC(C2)N3C2CC3CCCC(C3)C2)c1=O. The van der Waals surface area contributed by atoms with Gasteiger partial charge in [-0.2, -0.15) is 0 Å². The number of carbonyl (C=O) groups is 1. The van der Waals surface area contributed by atoms with Crippen LogP contribution in [0.1, 0.15) is 96.2 Å². The van der Waals surface area contributed by atoms with Crippen molar-refractivity contribution in [2.75, 3.05) is 0 Å². The Hall–Kier alpha value is -2.74. The molecule has 3 heterocycles. The van der Waals surface area contributed by atoms with Crippen molar-refractivity contribution in [3.63, 3.8) is 0 Å². The quantitative estimate of drug-likeness (QED) is 0.419. The van der Waals surface area contributed by atoms with Crippen molar-refractivity contribution in [3.8, 4) is 0 Å². The Morgan fingerprint density at radius 2 is 1.61 bits per heavy atom. The van der Waals surface area contributed by atoms with Gasteiger partial charge < -0.3 is 14.5 Å². The van der Waals surface area contributed by atoms with Crippen LogP contribution in [0.5, 0.6) is 0 Å². The number of aliphatic carboxylic acids is 1. The Labute approximate surface area is 224 Å². The minimum Gasteiger partial charge on any atom is -0.476 e. The molecule has 38 heavy (non-hydrogen) atoms. The fourth-order valence-corrected chi connectivity index (χ4v) is 8.15. The van der Waals surface area contributed by atoms with E-state index < -0.39 is 11.7 Å². The zero-order chi connectivity index (χ0) is 26.4. The van der Waals surface area contributed by atoms with Crippen LogP contribution in [0.15, 0.2) is 34.2 Å². The molecule has 204 valence electrons. The van der Waals surface area contributed by atoms with Crippen LogP contribution in [0.2, 0.25) is 0 Å². The Balaban J connectivity index is 1.37. The number of carboxylic acid groups (broad SMARTS) is 1. The summed E-state index contributed by atoms with van der Waals surface area (Å²) >= 11 is 0. The number of hydrogen-bond donors (Lipinski definition) is 1. The highest BCUT2D eigenvalue weighted by atomic mass is 16.6. The van der Waals surface area contributed by atoms with Gasteiger partial charge in [0.15, 0.2) is 5.69 Å². The summed E-state index contributed by atoms with van der Waals surface area (Å²) in [5.41, 5.74) is 0.396. The summed E-state index contributed by atoms with van der Waals surface area (Å²) in [6.07, 6.45) is 13.4. The van der Waals surface area contributed by atoms with E-state index in [1.807, 2.05) is 28.8 Å². The summed E-state index contributed by atoms with van der Waals surface area (Å²) in [5, 5.41) is 13.7. The van der Waals surface area contributed by atoms with E-state index in [1.165, 1.54) is 57.8 Å². The molecule has 8 heteroatoms. The second-order valence-electron chi connectivity index (χ2n) is 12.4. The summed E-state index contributed by atoms with van der Waals surface area (Å²) in [6, 6.07) is 9.18. The van der Waals surface area contributed by atoms with Crippen molar-refractivity contribution in [1.29, 1.82) is 0 Å². The number of fused-ring (bicyclic) bond motifs is 5. The first kappa shape index (κ1) is 25.5. The second kappa shape index (κ2) is 10.4. The molecule has 2 aliphatic carbocycles. The molecule has 1 N–H and O–H groups in total. The Kier molecular flexibility index (Phi) is 7.01. The van der Waals surface area contributed by atoms with Gasteiger partial charge >= 0.3 is 5.97 Å². The highest BCUT2D eigenvalue weighted by Crippen LogP contribution is 2.47. The number of benzene rings is 1. The average Bonchev–Trinajstić information content (AvgIpc) is 2.87. The van der Waals surface area contributed by atoms with Crippen LogP contribution in [0.25, 0.3) is 11.0 Å². The summed E-state index contributed by atoms with van der Waals surface area (Å²) in [4.78, 5) is 38.8. The molecule has 4 fully saturated rings. The van der Waals surface area contributed by atoms with Crippen LogP contribution >= 0.6 is 0 Å². The van der Waals surface area contributed by atoms with Crippen LogP contribution in [0.3, 0.4) is 0 Å². The van der Waals surface area contributed by atoms with Gasteiger partial charge in [0, 0.05) is 24.2 Å². The largest absolute Gasteiger partial charge is 0.476 e. The Morgan fingerprint density at radius 1 is 0.947 bits per heavy atom. The number of hydrogen-bond acceptors (Lipinski definition) is 6. The third-order valence-electron chi connectivity index (χ3n) is 9.47. The monoisotopic (exact) mass is 520 g/mol. The Morgan fingerprint density at radius 3 is 2.26 bits per heavy atom. The van der Waals surface area contributed by atoms with Crippen LogP contribution in [-0.4, -0.2) is 55.5 Å². The van der Waals surface area contributed by atoms with Gasteiger partial charge in [0.05, 0.1) is 11.0 Å². The molecule has 2 saturated heterocycles. The van der Waals surface area contributed by atoms with E-state index in [9.17, 15) is 14.7 Å². The van der Waals surface area contributed by atoms with E-state index in [2.05, 4.69) is 15.0 Å². The minimum absolute atomic E-state index is 0.00449. The van der Waals surface area contributed by atoms with Crippen molar-refractivity contribution in [3.05, 3.63) is 40.3 Å². The molecular weight excluding hydrogens is 480 g/mol. The lowest BCUT2D eigenvalue weighted by atomic mass is 9.68. The zero-order valence-corrected chi connectivity index (χ0v) is 22.6. The third kappa shape index (κ3) is 4.76. The molecule has 2 aromatic rings. The fourth-order valence-electron chi connectivity index (χ4n) is 8.15. The van der Waals surface area contributed by atoms with Crippen molar-refractivity contribution in [1.82, 2.24) is 14.5 Å². The molecule has 1 aromatic heterocycles. The van der Waals surface area contributed by atoms with E-state index in [1.54, 1.807) is 13.8 Å². The van der Waals surface area contributed by atoms with E-state index in [0.717, 1.165) is 30.2 Å². The number of aromatic nitrogens is 2. The molecule has 4 bridgehead atoms. The minimum atomic E-state index is -1.31. The molecule has 0 amide bonds. The maximum Gasteiger partial charge on any atom is 0.360 e. The average molecular weight is 521 g/mol. The van der Waals surface area contributed by atoms with E-state index in [0.29, 0.717) is 23.6 Å². The van der Waals surface area contributed by atoms with Crippen LogP contribution in [0.4, 0.5) is 0 Å². The number of para-hydroxylation sites is 2. The van der Waals surface area contributed by atoms with Crippen LogP contribution in [0, 0.1) is 11.8 Å². The molecule has 4 aliphatic rings. The number of nitrogens with zero attached hydrogens (tertiary/aromatic N) is 4. The van der Waals surface area contributed by atoms with Crippen molar-refractivity contribution < 1.29 is 14.7 Å². The standard InChI is InChI=1S/C30H40N4O4/c1-18(2)38-32-28(30(36)37)27-29(35)34(26-12-4-3-11-25(26)31-27)24-16-21-9-6-10-22(17-24)33(21)23-14-19-7-5-8-20(13-19)15-23/h3-4,11-12,18-24H,5-10,13-17H2,1-2H3,(H,36,37). The lowest BCUT2D eigenvalue weighted by molar-refractivity contribution is -0.129. The fraction of sp³-hybridized carbons (Fsp3) is 0.667. The van der Waals surface area contributed by atoms with Crippen LogP contribution in [-0.2, 0) is 9.63 Å². The van der Waals surface area contributed by atoms with E-state index >= 15 is 0 Å². The molecule has 2 saturated carbocycles. The first-order chi connectivity index (χ1) is 18.4. The van der Waals surface area contributed by atoms with Gasteiger partial charge in [0.25, 0.3) is 5.56 Å². The topological polar surface area (TPSA) is 97.0 Å². The van der Waals surface area contributed by atoms with Gasteiger partial charge in [-0.05, 0) is 82.8 Å². The molecule has 2 aliphatic heterocycles. The highest BCUT2D eigenvalue weighted by Gasteiger charge is 2.45. The van der Waals surface area contributed by atoms with Gasteiger partial charge in [-0.15, -0.1) is 0 Å². The first-order valence-corrected chi connectivity index (χ1v) is 14.6. The molecule has 4 unspecified atom stereocenters. The molecule has 1 aromatic carbocycles. The summed E-state index contributed by atoms with van der Waals surface area (Å²) in [7, 11) is 0. The van der Waals surface area contributed by atoms with E-state index in [4.69, 9.17) is 4.84 Å². The number of piperidine rings is 2. The zero-order valence-electron chi connectivity index (χ0n) is 22.6. The summed E-state index contributed by atoms with van der Waals surface area (Å²) in [5.74, 6) is 0.468. The molecule has 0 spiro atoms. The number of rotatable bonds is 6. The summed E-state index contributed by atoms with van der Waals surface area (Å²) in [6.45, 7) is 3.53. The normalized spacial score (nSPS) is 31.9. The van der Waals surface area contributed by atoms with Crippen molar-refractivity contribution in [2.45, 2.75) is 115 Å². The van der Waals surface area contributed by atoms with Gasteiger partial charge in [0.1, 0.15) is 6.10 Å². The molecule has 6 rings (SSSR count). The van der Waals surface area contributed by atoms with Crippen molar-refractivity contribution in [2.24, 2.45) is 17.0 Å². The third-order valence-corrected chi connectivity index (χ3v) is 9.47. The van der Waals surface area contributed by atoms with Crippen molar-refractivity contribution >= 4 is 22.7 Å². The maximum absolute atomic E-state index is 14.0.